The number of halogens is 2. The molecule has 1 fully saturated rings. The zero-order chi connectivity index (χ0) is 29.6. The molecule has 8 nitrogen and oxygen atoms in total. The van der Waals surface area contributed by atoms with E-state index in [1.54, 1.807) is 49.4 Å². The number of ether oxygens (including phenoxy) is 1. The van der Waals surface area contributed by atoms with Crippen LogP contribution in [0.15, 0.2) is 77.7 Å². The summed E-state index contributed by atoms with van der Waals surface area (Å²) in [5, 5.41) is 3.90. The first kappa shape index (κ1) is 30.7. The number of nitrogens with one attached hydrogen (secondary N) is 1. The van der Waals surface area contributed by atoms with Crippen LogP contribution in [0.4, 0.5) is 5.69 Å². The van der Waals surface area contributed by atoms with E-state index in [-0.39, 0.29) is 29.1 Å². The highest BCUT2D eigenvalue weighted by atomic mass is 35.5. The zero-order valence-electron chi connectivity index (χ0n) is 22.9. The van der Waals surface area contributed by atoms with E-state index in [0.717, 1.165) is 35.6 Å². The summed E-state index contributed by atoms with van der Waals surface area (Å²) in [7, 11) is -2.73. The molecule has 1 N–H and O–H groups in total. The molecular formula is C30H33Cl2N3O5S. The molecule has 0 heterocycles. The largest absolute Gasteiger partial charge is 0.497 e. The number of nitrogens with zero attached hydrogens (tertiary/aromatic N) is 2. The average molecular weight is 619 g/mol. The molecule has 41 heavy (non-hydrogen) atoms. The van der Waals surface area contributed by atoms with Crippen molar-refractivity contribution in [2.24, 2.45) is 0 Å². The van der Waals surface area contributed by atoms with Gasteiger partial charge in [-0.05, 0) is 79.9 Å². The highest BCUT2D eigenvalue weighted by molar-refractivity contribution is 7.92. The van der Waals surface area contributed by atoms with Crippen LogP contribution in [0.3, 0.4) is 0 Å². The lowest BCUT2D eigenvalue weighted by atomic mass is 10.1. The summed E-state index contributed by atoms with van der Waals surface area (Å²) in [6, 6.07) is 18.3. The minimum Gasteiger partial charge on any atom is -0.497 e. The van der Waals surface area contributed by atoms with Gasteiger partial charge in [-0.3, -0.25) is 13.9 Å². The number of carbonyl (C=O) groups excluding carboxylic acids is 2. The number of methoxy groups -OCH3 is 1. The second-order valence-electron chi connectivity index (χ2n) is 9.98. The molecule has 218 valence electrons. The van der Waals surface area contributed by atoms with Crippen LogP contribution < -0.4 is 14.4 Å². The van der Waals surface area contributed by atoms with Gasteiger partial charge in [0.15, 0.2) is 0 Å². The lowest BCUT2D eigenvalue weighted by molar-refractivity contribution is -0.139. The molecule has 1 atom stereocenters. The summed E-state index contributed by atoms with van der Waals surface area (Å²) in [4.78, 5) is 28.7. The van der Waals surface area contributed by atoms with Crippen LogP contribution in [-0.2, 0) is 26.2 Å². The summed E-state index contributed by atoms with van der Waals surface area (Å²) >= 11 is 12.3. The molecule has 0 unspecified atom stereocenters. The van der Waals surface area contributed by atoms with Crippen LogP contribution in [0, 0.1) is 0 Å². The Bertz CT molecular complexity index is 1460. The van der Waals surface area contributed by atoms with Gasteiger partial charge in [-0.15, -0.1) is 0 Å². The molecular weight excluding hydrogens is 585 g/mol. The van der Waals surface area contributed by atoms with Gasteiger partial charge in [-0.25, -0.2) is 8.42 Å². The quantitative estimate of drug-likeness (QED) is 0.299. The summed E-state index contributed by atoms with van der Waals surface area (Å²) in [5.41, 5.74) is 0.965. The number of benzene rings is 3. The molecule has 0 radical (unpaired) electrons. The van der Waals surface area contributed by atoms with Gasteiger partial charge in [0, 0.05) is 22.6 Å². The maximum absolute atomic E-state index is 14.0. The lowest BCUT2D eigenvalue weighted by Gasteiger charge is -2.32. The van der Waals surface area contributed by atoms with Crippen LogP contribution in [0.5, 0.6) is 5.75 Å². The molecule has 0 spiro atoms. The van der Waals surface area contributed by atoms with E-state index in [1.165, 1.54) is 42.3 Å². The van der Waals surface area contributed by atoms with Crippen molar-refractivity contribution in [3.05, 3.63) is 88.4 Å². The van der Waals surface area contributed by atoms with Gasteiger partial charge in [0.1, 0.15) is 18.3 Å². The minimum atomic E-state index is -4.21. The van der Waals surface area contributed by atoms with Crippen molar-refractivity contribution in [1.29, 1.82) is 0 Å². The normalized spacial score (nSPS) is 14.3. The van der Waals surface area contributed by atoms with E-state index >= 15 is 0 Å². The maximum Gasteiger partial charge on any atom is 0.264 e. The Balaban J connectivity index is 1.68. The molecule has 0 saturated heterocycles. The molecule has 0 aliphatic heterocycles. The minimum absolute atomic E-state index is 0.0256. The van der Waals surface area contributed by atoms with Crippen molar-refractivity contribution in [2.75, 3.05) is 18.0 Å². The van der Waals surface area contributed by atoms with Crippen molar-refractivity contribution in [2.45, 2.75) is 56.1 Å². The Morgan fingerprint density at radius 2 is 1.63 bits per heavy atom. The molecule has 0 bridgehead atoms. The van der Waals surface area contributed by atoms with Crippen molar-refractivity contribution >= 4 is 50.7 Å². The Labute approximate surface area is 251 Å². The van der Waals surface area contributed by atoms with Crippen LogP contribution in [0.25, 0.3) is 0 Å². The van der Waals surface area contributed by atoms with Gasteiger partial charge < -0.3 is 15.0 Å². The molecule has 3 aromatic rings. The van der Waals surface area contributed by atoms with Crippen molar-refractivity contribution < 1.29 is 22.7 Å². The van der Waals surface area contributed by atoms with Crippen molar-refractivity contribution in [3.63, 3.8) is 0 Å². The molecule has 4 rings (SSSR count). The second-order valence-corrected chi connectivity index (χ2v) is 12.7. The smallest absolute Gasteiger partial charge is 0.264 e. The number of sulfonamides is 1. The monoisotopic (exact) mass is 617 g/mol. The van der Waals surface area contributed by atoms with E-state index in [0.29, 0.717) is 15.8 Å². The second kappa shape index (κ2) is 13.6. The van der Waals surface area contributed by atoms with Gasteiger partial charge >= 0.3 is 0 Å². The van der Waals surface area contributed by atoms with Gasteiger partial charge in [-0.1, -0.05) is 54.2 Å². The summed E-state index contributed by atoms with van der Waals surface area (Å²) in [6.45, 7) is 1.18. The van der Waals surface area contributed by atoms with Gasteiger partial charge in [-0.2, -0.15) is 0 Å². The van der Waals surface area contributed by atoms with E-state index in [9.17, 15) is 18.0 Å². The third-order valence-corrected chi connectivity index (χ3v) is 9.43. The summed E-state index contributed by atoms with van der Waals surface area (Å²) in [5.74, 6) is -0.344. The molecule has 2 amide bonds. The Hall–Kier alpha value is -3.27. The fourth-order valence-corrected chi connectivity index (χ4v) is 6.51. The fourth-order valence-electron chi connectivity index (χ4n) is 4.80. The Morgan fingerprint density at radius 1 is 0.976 bits per heavy atom. The number of rotatable bonds is 11. The van der Waals surface area contributed by atoms with Crippen molar-refractivity contribution in [3.8, 4) is 5.75 Å². The van der Waals surface area contributed by atoms with Crippen molar-refractivity contribution in [1.82, 2.24) is 10.2 Å². The first-order valence-electron chi connectivity index (χ1n) is 13.3. The van der Waals surface area contributed by atoms with E-state index in [4.69, 9.17) is 27.9 Å². The van der Waals surface area contributed by atoms with Crippen LogP contribution in [0.1, 0.15) is 38.2 Å². The third kappa shape index (κ3) is 7.72. The molecule has 11 heteroatoms. The number of amides is 2. The molecule has 1 aliphatic carbocycles. The number of anilines is 1. The van der Waals surface area contributed by atoms with Gasteiger partial charge in [0.2, 0.25) is 11.8 Å². The standard InChI is InChI=1S/C30H33Cl2N3O5S/c1-21(30(37)33-25-7-3-4-8-25)34(19-22-10-12-23(31)13-11-22)29(36)20-35(26-9-5-6-24(32)18-26)41(38,39)28-16-14-27(40-2)15-17-28/h5-6,9-18,21,25H,3-4,7-8,19-20H2,1-2H3,(H,33,37)/t21-/m1/s1. The van der Waals surface area contributed by atoms with Crippen LogP contribution in [0.2, 0.25) is 10.0 Å². The summed E-state index contributed by atoms with van der Waals surface area (Å²) in [6.07, 6.45) is 3.88. The highest BCUT2D eigenvalue weighted by Crippen LogP contribution is 2.28. The maximum atomic E-state index is 14.0. The van der Waals surface area contributed by atoms with E-state index in [2.05, 4.69) is 5.32 Å². The van der Waals surface area contributed by atoms with Crippen LogP contribution >= 0.6 is 23.2 Å². The number of carbonyl (C=O) groups is 2. The van der Waals surface area contributed by atoms with E-state index in [1.807, 2.05) is 0 Å². The molecule has 1 saturated carbocycles. The third-order valence-electron chi connectivity index (χ3n) is 7.16. The molecule has 3 aromatic carbocycles. The Kier molecular flexibility index (Phi) is 10.2. The SMILES string of the molecule is COc1ccc(S(=O)(=O)N(CC(=O)N(Cc2ccc(Cl)cc2)[C@H](C)C(=O)NC2CCCC2)c2cccc(Cl)c2)cc1. The Morgan fingerprint density at radius 3 is 2.24 bits per heavy atom. The predicted octanol–water partition coefficient (Wildman–Crippen LogP) is 5.67. The number of hydrogen-bond donors (Lipinski definition) is 1. The highest BCUT2D eigenvalue weighted by Gasteiger charge is 2.33. The van der Waals surface area contributed by atoms with Gasteiger partial charge in [0.05, 0.1) is 17.7 Å². The number of hydrogen-bond acceptors (Lipinski definition) is 5. The van der Waals surface area contributed by atoms with E-state index < -0.39 is 28.5 Å². The van der Waals surface area contributed by atoms with Gasteiger partial charge in [0.25, 0.3) is 10.0 Å². The fraction of sp³-hybridized carbons (Fsp3) is 0.333. The zero-order valence-corrected chi connectivity index (χ0v) is 25.3. The van der Waals surface area contributed by atoms with Crippen LogP contribution in [-0.4, -0.2) is 50.9 Å². The topological polar surface area (TPSA) is 96.0 Å². The predicted molar refractivity (Wildman–Crippen MR) is 161 cm³/mol. The lowest BCUT2D eigenvalue weighted by Crippen LogP contribution is -2.52. The average Bonchev–Trinajstić information content (AvgIpc) is 3.48. The summed E-state index contributed by atoms with van der Waals surface area (Å²) < 4.78 is 34.0. The molecule has 0 aromatic heterocycles. The molecule has 1 aliphatic rings. The first-order valence-corrected chi connectivity index (χ1v) is 15.5. The first-order chi connectivity index (χ1) is 19.6.